The van der Waals surface area contributed by atoms with Crippen molar-refractivity contribution >= 4 is 0 Å². The SMILES string of the molecule is CCC(O)(CC)CNCC(C)(C)c1ccccc1. The molecule has 0 heterocycles. The molecule has 2 heteroatoms. The van der Waals surface area contributed by atoms with Crippen LogP contribution in [-0.2, 0) is 5.41 Å². The molecular formula is C16H27NO. The molecule has 1 aromatic carbocycles. The number of aliphatic hydroxyl groups is 1. The van der Waals surface area contributed by atoms with Gasteiger partial charge in [-0.2, -0.15) is 0 Å². The first-order valence-corrected chi connectivity index (χ1v) is 6.92. The van der Waals surface area contributed by atoms with Gasteiger partial charge in [-0.15, -0.1) is 0 Å². The van der Waals surface area contributed by atoms with Crippen molar-refractivity contribution in [2.24, 2.45) is 0 Å². The van der Waals surface area contributed by atoms with E-state index in [0.29, 0.717) is 6.54 Å². The first-order valence-electron chi connectivity index (χ1n) is 6.92. The largest absolute Gasteiger partial charge is 0.389 e. The second-order valence-electron chi connectivity index (χ2n) is 5.78. The molecule has 0 aliphatic rings. The van der Waals surface area contributed by atoms with Gasteiger partial charge in [0.15, 0.2) is 0 Å². The third-order valence-corrected chi connectivity index (χ3v) is 3.89. The van der Waals surface area contributed by atoms with E-state index in [0.717, 1.165) is 19.4 Å². The quantitative estimate of drug-likeness (QED) is 0.778. The van der Waals surface area contributed by atoms with E-state index in [-0.39, 0.29) is 5.41 Å². The van der Waals surface area contributed by atoms with Crippen LogP contribution in [0.4, 0.5) is 0 Å². The highest BCUT2D eigenvalue weighted by molar-refractivity contribution is 5.23. The van der Waals surface area contributed by atoms with Crippen LogP contribution in [0.1, 0.15) is 46.1 Å². The second kappa shape index (κ2) is 6.35. The van der Waals surface area contributed by atoms with Gasteiger partial charge in [-0.1, -0.05) is 58.0 Å². The smallest absolute Gasteiger partial charge is 0.0766 e. The lowest BCUT2D eigenvalue weighted by atomic mass is 9.84. The Bertz CT molecular complexity index is 341. The van der Waals surface area contributed by atoms with E-state index < -0.39 is 5.60 Å². The molecule has 2 N–H and O–H groups in total. The monoisotopic (exact) mass is 249 g/mol. The zero-order chi connectivity index (χ0) is 13.6. The summed E-state index contributed by atoms with van der Waals surface area (Å²) in [6, 6.07) is 10.5. The Labute approximate surface area is 111 Å². The number of benzene rings is 1. The molecule has 0 bridgehead atoms. The van der Waals surface area contributed by atoms with E-state index in [2.05, 4.69) is 43.4 Å². The molecule has 1 rings (SSSR count). The molecule has 2 nitrogen and oxygen atoms in total. The van der Waals surface area contributed by atoms with Crippen molar-refractivity contribution in [3.63, 3.8) is 0 Å². The minimum absolute atomic E-state index is 0.0870. The van der Waals surface area contributed by atoms with Crippen LogP contribution in [0.2, 0.25) is 0 Å². The molecule has 0 atom stereocenters. The highest BCUT2D eigenvalue weighted by atomic mass is 16.3. The topological polar surface area (TPSA) is 32.3 Å². The lowest BCUT2D eigenvalue weighted by Gasteiger charge is -2.30. The van der Waals surface area contributed by atoms with Gasteiger partial charge in [-0.25, -0.2) is 0 Å². The lowest BCUT2D eigenvalue weighted by molar-refractivity contribution is 0.0317. The zero-order valence-electron chi connectivity index (χ0n) is 12.2. The van der Waals surface area contributed by atoms with Gasteiger partial charge in [0.2, 0.25) is 0 Å². The summed E-state index contributed by atoms with van der Waals surface area (Å²) in [7, 11) is 0. The molecule has 0 aliphatic carbocycles. The van der Waals surface area contributed by atoms with E-state index in [9.17, 15) is 5.11 Å². The summed E-state index contributed by atoms with van der Waals surface area (Å²) in [4.78, 5) is 0. The van der Waals surface area contributed by atoms with Gasteiger partial charge in [0.25, 0.3) is 0 Å². The fourth-order valence-corrected chi connectivity index (χ4v) is 2.10. The van der Waals surface area contributed by atoms with Gasteiger partial charge < -0.3 is 10.4 Å². The van der Waals surface area contributed by atoms with E-state index in [1.165, 1.54) is 5.56 Å². The molecular weight excluding hydrogens is 222 g/mol. The third-order valence-electron chi connectivity index (χ3n) is 3.89. The van der Waals surface area contributed by atoms with Crippen LogP contribution in [0.25, 0.3) is 0 Å². The fourth-order valence-electron chi connectivity index (χ4n) is 2.10. The van der Waals surface area contributed by atoms with Crippen molar-refractivity contribution in [3.05, 3.63) is 35.9 Å². The van der Waals surface area contributed by atoms with Crippen LogP contribution in [-0.4, -0.2) is 23.8 Å². The van der Waals surface area contributed by atoms with Crippen LogP contribution >= 0.6 is 0 Å². The summed E-state index contributed by atoms with van der Waals surface area (Å²) in [5.41, 5.74) is 0.852. The average Bonchev–Trinajstić information content (AvgIpc) is 2.39. The lowest BCUT2D eigenvalue weighted by Crippen LogP contribution is -2.43. The predicted molar refractivity (Wildman–Crippen MR) is 77.9 cm³/mol. The van der Waals surface area contributed by atoms with Crippen LogP contribution in [0.3, 0.4) is 0 Å². The first kappa shape index (κ1) is 15.2. The van der Waals surface area contributed by atoms with Gasteiger partial charge in [0.05, 0.1) is 5.60 Å². The molecule has 18 heavy (non-hydrogen) atoms. The van der Waals surface area contributed by atoms with Crippen LogP contribution in [0, 0.1) is 0 Å². The molecule has 0 radical (unpaired) electrons. The number of hydrogen-bond donors (Lipinski definition) is 2. The Hall–Kier alpha value is -0.860. The van der Waals surface area contributed by atoms with Crippen molar-refractivity contribution in [1.82, 2.24) is 5.32 Å². The van der Waals surface area contributed by atoms with Crippen molar-refractivity contribution in [2.45, 2.75) is 51.6 Å². The van der Waals surface area contributed by atoms with Gasteiger partial charge in [0, 0.05) is 18.5 Å². The standard InChI is InChI=1S/C16H27NO/c1-5-16(18,6-2)13-17-12-15(3,4)14-10-8-7-9-11-14/h7-11,17-18H,5-6,12-13H2,1-4H3. The number of hydrogen-bond acceptors (Lipinski definition) is 2. The second-order valence-corrected chi connectivity index (χ2v) is 5.78. The van der Waals surface area contributed by atoms with Crippen LogP contribution in [0.15, 0.2) is 30.3 Å². The minimum atomic E-state index is -0.563. The van der Waals surface area contributed by atoms with E-state index >= 15 is 0 Å². The Balaban J connectivity index is 2.53. The van der Waals surface area contributed by atoms with Crippen molar-refractivity contribution in [2.75, 3.05) is 13.1 Å². The summed E-state index contributed by atoms with van der Waals surface area (Å²) >= 11 is 0. The number of rotatable bonds is 7. The summed E-state index contributed by atoms with van der Waals surface area (Å²) < 4.78 is 0. The summed E-state index contributed by atoms with van der Waals surface area (Å²) in [5, 5.41) is 13.7. The van der Waals surface area contributed by atoms with E-state index in [4.69, 9.17) is 0 Å². The Morgan fingerprint density at radius 3 is 2.06 bits per heavy atom. The average molecular weight is 249 g/mol. The molecule has 0 saturated heterocycles. The molecule has 0 spiro atoms. The highest BCUT2D eigenvalue weighted by Crippen LogP contribution is 2.22. The number of nitrogens with one attached hydrogen (secondary N) is 1. The van der Waals surface area contributed by atoms with Crippen molar-refractivity contribution < 1.29 is 5.11 Å². The van der Waals surface area contributed by atoms with Gasteiger partial charge in [-0.05, 0) is 18.4 Å². The maximum atomic E-state index is 10.2. The molecule has 0 amide bonds. The first-order chi connectivity index (χ1) is 8.43. The maximum Gasteiger partial charge on any atom is 0.0766 e. The minimum Gasteiger partial charge on any atom is -0.389 e. The maximum absolute atomic E-state index is 10.2. The van der Waals surface area contributed by atoms with E-state index in [1.807, 2.05) is 19.9 Å². The van der Waals surface area contributed by atoms with Crippen LogP contribution < -0.4 is 5.32 Å². The molecule has 1 aromatic rings. The molecule has 0 aliphatic heterocycles. The van der Waals surface area contributed by atoms with Crippen LogP contribution in [0.5, 0.6) is 0 Å². The van der Waals surface area contributed by atoms with Gasteiger partial charge in [0.1, 0.15) is 0 Å². The van der Waals surface area contributed by atoms with Gasteiger partial charge >= 0.3 is 0 Å². The van der Waals surface area contributed by atoms with Crippen molar-refractivity contribution in [1.29, 1.82) is 0 Å². The summed E-state index contributed by atoms with van der Waals surface area (Å²) in [6.07, 6.45) is 1.59. The van der Waals surface area contributed by atoms with E-state index in [1.54, 1.807) is 0 Å². The normalized spacial score (nSPS) is 12.7. The third kappa shape index (κ3) is 4.11. The summed E-state index contributed by atoms with van der Waals surface area (Å²) in [5.74, 6) is 0. The molecule has 0 unspecified atom stereocenters. The van der Waals surface area contributed by atoms with Crippen molar-refractivity contribution in [3.8, 4) is 0 Å². The zero-order valence-corrected chi connectivity index (χ0v) is 12.2. The summed E-state index contributed by atoms with van der Waals surface area (Å²) in [6.45, 7) is 10.1. The van der Waals surface area contributed by atoms with Gasteiger partial charge in [-0.3, -0.25) is 0 Å². The molecule has 0 fully saturated rings. The fraction of sp³-hybridized carbons (Fsp3) is 0.625. The Kier molecular flexibility index (Phi) is 5.36. The molecule has 0 saturated carbocycles. The highest BCUT2D eigenvalue weighted by Gasteiger charge is 2.24. The Morgan fingerprint density at radius 2 is 1.56 bits per heavy atom. The molecule has 0 aromatic heterocycles. The predicted octanol–water partition coefficient (Wildman–Crippen LogP) is 3.10. The Morgan fingerprint density at radius 1 is 1.00 bits per heavy atom. The molecule has 102 valence electrons.